The number of methoxy groups -OCH3 is 1. The number of rotatable bonds is 6. The van der Waals surface area contributed by atoms with E-state index in [4.69, 9.17) is 21.7 Å². The van der Waals surface area contributed by atoms with Gasteiger partial charge in [0.15, 0.2) is 15.8 Å². The van der Waals surface area contributed by atoms with Crippen molar-refractivity contribution < 1.29 is 18.7 Å². The second-order valence-electron chi connectivity index (χ2n) is 6.94. The molecule has 9 heteroatoms. The first-order valence-electron chi connectivity index (χ1n) is 9.64. The number of hydrogen-bond acceptors (Lipinski definition) is 5. The van der Waals surface area contributed by atoms with Crippen LogP contribution >= 0.6 is 55.8 Å². The first-order chi connectivity index (χ1) is 15.9. The Morgan fingerprint density at radius 3 is 2.45 bits per heavy atom. The minimum absolute atomic E-state index is 0.181. The summed E-state index contributed by atoms with van der Waals surface area (Å²) >= 11 is 13.6. The summed E-state index contributed by atoms with van der Waals surface area (Å²) in [4.78, 5) is 15.1. The van der Waals surface area contributed by atoms with Crippen LogP contribution in [0.1, 0.15) is 11.1 Å². The first-order valence-corrected chi connectivity index (χ1v) is 12.4. The molecule has 4 rings (SSSR count). The summed E-state index contributed by atoms with van der Waals surface area (Å²) in [6.07, 6.45) is 1.77. The van der Waals surface area contributed by atoms with Gasteiger partial charge in [-0.05, 0) is 81.7 Å². The van der Waals surface area contributed by atoms with Crippen molar-refractivity contribution in [2.24, 2.45) is 0 Å². The monoisotopic (exact) mass is 607 g/mol. The van der Waals surface area contributed by atoms with Crippen LogP contribution in [-0.4, -0.2) is 17.3 Å². The summed E-state index contributed by atoms with van der Waals surface area (Å²) in [5.74, 6) is 0.536. The molecule has 1 heterocycles. The van der Waals surface area contributed by atoms with Crippen molar-refractivity contribution in [2.45, 2.75) is 6.61 Å². The quantitative estimate of drug-likeness (QED) is 0.216. The molecule has 1 amide bonds. The number of halogens is 3. The molecule has 33 heavy (non-hydrogen) atoms. The summed E-state index contributed by atoms with van der Waals surface area (Å²) in [5, 5.41) is 0. The van der Waals surface area contributed by atoms with E-state index in [2.05, 4.69) is 31.9 Å². The Morgan fingerprint density at radius 1 is 1.09 bits per heavy atom. The molecule has 0 atom stereocenters. The van der Waals surface area contributed by atoms with E-state index in [1.54, 1.807) is 31.4 Å². The molecular formula is C24H16Br2FNO3S2. The molecule has 0 bridgehead atoms. The molecule has 168 valence electrons. The number of anilines is 1. The molecule has 0 aliphatic carbocycles. The third kappa shape index (κ3) is 5.48. The Labute approximate surface area is 217 Å². The lowest BCUT2D eigenvalue weighted by Gasteiger charge is -2.14. The average Bonchev–Trinajstić information content (AvgIpc) is 3.07. The summed E-state index contributed by atoms with van der Waals surface area (Å²) in [6.45, 7) is 0.250. The number of hydrogen-bond donors (Lipinski definition) is 0. The average molecular weight is 609 g/mol. The van der Waals surface area contributed by atoms with E-state index in [1.165, 1.54) is 28.8 Å². The van der Waals surface area contributed by atoms with E-state index in [0.29, 0.717) is 30.9 Å². The number of carbonyl (C=O) groups is 1. The molecule has 1 saturated heterocycles. The molecule has 0 aromatic heterocycles. The van der Waals surface area contributed by atoms with Crippen molar-refractivity contribution in [3.8, 4) is 11.5 Å². The molecule has 3 aromatic rings. The van der Waals surface area contributed by atoms with Gasteiger partial charge >= 0.3 is 0 Å². The lowest BCUT2D eigenvalue weighted by molar-refractivity contribution is -0.113. The zero-order chi connectivity index (χ0) is 23.5. The minimum atomic E-state index is -0.299. The summed E-state index contributed by atoms with van der Waals surface area (Å²) < 4.78 is 26.6. The fourth-order valence-corrected chi connectivity index (χ4v) is 5.27. The maximum absolute atomic E-state index is 13.1. The van der Waals surface area contributed by atoms with E-state index < -0.39 is 0 Å². The van der Waals surface area contributed by atoms with E-state index in [9.17, 15) is 9.18 Å². The molecule has 0 radical (unpaired) electrons. The van der Waals surface area contributed by atoms with Gasteiger partial charge in [0.05, 0.1) is 22.2 Å². The Kier molecular flexibility index (Phi) is 7.53. The van der Waals surface area contributed by atoms with Crippen LogP contribution in [0.3, 0.4) is 0 Å². The molecule has 4 nitrogen and oxygen atoms in total. The van der Waals surface area contributed by atoms with Gasteiger partial charge in [0.2, 0.25) is 0 Å². The van der Waals surface area contributed by atoms with Crippen molar-refractivity contribution in [1.82, 2.24) is 0 Å². The van der Waals surface area contributed by atoms with Gasteiger partial charge in [0.1, 0.15) is 12.4 Å². The van der Waals surface area contributed by atoms with E-state index in [0.717, 1.165) is 15.6 Å². The fraction of sp³-hybridized carbons (Fsp3) is 0.0833. The number of ether oxygens (including phenoxy) is 2. The van der Waals surface area contributed by atoms with Gasteiger partial charge in [-0.15, -0.1) is 0 Å². The predicted molar refractivity (Wildman–Crippen MR) is 141 cm³/mol. The van der Waals surface area contributed by atoms with Crippen molar-refractivity contribution >= 4 is 77.8 Å². The van der Waals surface area contributed by atoms with Crippen LogP contribution in [0.5, 0.6) is 11.5 Å². The van der Waals surface area contributed by atoms with Crippen LogP contribution in [0.15, 0.2) is 74.5 Å². The van der Waals surface area contributed by atoms with Crippen LogP contribution in [0, 0.1) is 5.82 Å². The summed E-state index contributed by atoms with van der Waals surface area (Å²) in [5.41, 5.74) is 2.29. The van der Waals surface area contributed by atoms with Gasteiger partial charge in [-0.3, -0.25) is 9.69 Å². The number of thiocarbonyl (C=S) groups is 1. The lowest BCUT2D eigenvalue weighted by atomic mass is 10.1. The standard InChI is InChI=1S/C24H16Br2FNO3S2/c1-30-20-11-15(10-19(26)22(20)31-13-14-2-6-17(27)7-3-14)12-21-23(29)28(24(32)33-21)18-8-4-16(25)5-9-18/h2-12H,13H2,1H3/b21-12+. The van der Waals surface area contributed by atoms with Crippen LogP contribution in [0.2, 0.25) is 0 Å². The molecule has 1 aliphatic rings. The molecule has 1 fully saturated rings. The molecular weight excluding hydrogens is 593 g/mol. The van der Waals surface area contributed by atoms with Crippen LogP contribution in [-0.2, 0) is 11.4 Å². The first kappa shape index (κ1) is 23.9. The topological polar surface area (TPSA) is 38.8 Å². The summed E-state index contributed by atoms with van der Waals surface area (Å²) in [6, 6.07) is 17.1. The Hall–Kier alpha value is -2.20. The third-order valence-electron chi connectivity index (χ3n) is 4.72. The Morgan fingerprint density at radius 2 is 1.79 bits per heavy atom. The van der Waals surface area contributed by atoms with Crippen molar-refractivity contribution in [3.63, 3.8) is 0 Å². The summed E-state index contributed by atoms with van der Waals surface area (Å²) in [7, 11) is 1.54. The molecule has 3 aromatic carbocycles. The fourth-order valence-electron chi connectivity index (χ4n) is 3.13. The van der Waals surface area contributed by atoms with Crippen LogP contribution in [0.25, 0.3) is 6.08 Å². The van der Waals surface area contributed by atoms with E-state index >= 15 is 0 Å². The predicted octanol–water partition coefficient (Wildman–Crippen LogP) is 7.34. The normalized spacial score (nSPS) is 14.8. The molecule has 0 unspecified atom stereocenters. The van der Waals surface area contributed by atoms with E-state index in [-0.39, 0.29) is 18.3 Å². The molecule has 0 N–H and O–H groups in total. The van der Waals surface area contributed by atoms with Gasteiger partial charge in [-0.2, -0.15) is 0 Å². The van der Waals surface area contributed by atoms with Gasteiger partial charge in [0.25, 0.3) is 5.91 Å². The molecule has 0 saturated carbocycles. The number of benzene rings is 3. The highest BCUT2D eigenvalue weighted by molar-refractivity contribution is 9.10. The SMILES string of the molecule is COc1cc(/C=C2/SC(=S)N(c3ccc(Br)cc3)C2=O)cc(Br)c1OCc1ccc(F)cc1. The van der Waals surface area contributed by atoms with Gasteiger partial charge in [-0.25, -0.2) is 4.39 Å². The van der Waals surface area contributed by atoms with Crippen molar-refractivity contribution in [3.05, 3.63) is 91.5 Å². The zero-order valence-electron chi connectivity index (χ0n) is 17.2. The van der Waals surface area contributed by atoms with Gasteiger partial charge < -0.3 is 9.47 Å². The van der Waals surface area contributed by atoms with Crippen LogP contribution < -0.4 is 14.4 Å². The van der Waals surface area contributed by atoms with Crippen molar-refractivity contribution in [1.29, 1.82) is 0 Å². The Balaban J connectivity index is 1.57. The van der Waals surface area contributed by atoms with E-state index in [1.807, 2.05) is 30.3 Å². The molecule has 0 spiro atoms. The highest BCUT2D eigenvalue weighted by atomic mass is 79.9. The van der Waals surface area contributed by atoms with Gasteiger partial charge in [-0.1, -0.05) is 52.0 Å². The maximum atomic E-state index is 13.1. The second-order valence-corrected chi connectivity index (χ2v) is 10.4. The van der Waals surface area contributed by atoms with Crippen LogP contribution in [0.4, 0.5) is 10.1 Å². The van der Waals surface area contributed by atoms with Crippen molar-refractivity contribution in [2.75, 3.05) is 12.0 Å². The zero-order valence-corrected chi connectivity index (χ0v) is 22.0. The lowest BCUT2D eigenvalue weighted by Crippen LogP contribution is -2.27. The number of amides is 1. The molecule has 1 aliphatic heterocycles. The smallest absolute Gasteiger partial charge is 0.270 e. The second kappa shape index (κ2) is 10.4. The third-order valence-corrected chi connectivity index (χ3v) is 7.14. The highest BCUT2D eigenvalue weighted by Crippen LogP contribution is 2.40. The number of carbonyl (C=O) groups excluding carboxylic acids is 1. The number of nitrogens with zero attached hydrogens (tertiary/aromatic N) is 1. The minimum Gasteiger partial charge on any atom is -0.493 e. The maximum Gasteiger partial charge on any atom is 0.270 e. The Bertz CT molecular complexity index is 1250. The largest absolute Gasteiger partial charge is 0.493 e. The van der Waals surface area contributed by atoms with Gasteiger partial charge in [0, 0.05) is 4.47 Å². The highest BCUT2D eigenvalue weighted by Gasteiger charge is 2.33. The number of thioether (sulfide) groups is 1.